The first-order valence-electron chi connectivity index (χ1n) is 4.36. The maximum atomic E-state index is 11.2. The second-order valence-corrected chi connectivity index (χ2v) is 3.23. The molecule has 15 heavy (non-hydrogen) atoms. The van der Waals surface area contributed by atoms with Crippen LogP contribution < -0.4 is 10.6 Å². The number of nitrogens with zero attached hydrogens (tertiary/aromatic N) is 1. The smallest absolute Gasteiger partial charge is 0.337 e. The van der Waals surface area contributed by atoms with Crippen molar-refractivity contribution >= 4 is 12.0 Å². The van der Waals surface area contributed by atoms with Crippen molar-refractivity contribution in [3.63, 3.8) is 0 Å². The monoisotopic (exact) mass is 207 g/mol. The van der Waals surface area contributed by atoms with Crippen molar-refractivity contribution in [1.29, 1.82) is 0 Å². The molecule has 2 rings (SSSR count). The number of amides is 2. The number of rotatable bonds is 2. The molecule has 0 aliphatic carbocycles. The van der Waals surface area contributed by atoms with Crippen molar-refractivity contribution in [2.24, 2.45) is 0 Å². The van der Waals surface area contributed by atoms with Gasteiger partial charge in [0.15, 0.2) is 5.54 Å². The first-order valence-corrected chi connectivity index (χ1v) is 4.36. The van der Waals surface area contributed by atoms with Crippen molar-refractivity contribution in [1.82, 2.24) is 15.6 Å². The lowest BCUT2D eigenvalue weighted by atomic mass is 9.96. The van der Waals surface area contributed by atoms with E-state index >= 15 is 0 Å². The van der Waals surface area contributed by atoms with Crippen molar-refractivity contribution in [3.05, 3.63) is 30.1 Å². The van der Waals surface area contributed by atoms with E-state index in [1.807, 2.05) is 0 Å². The molecule has 1 fully saturated rings. The Kier molecular flexibility index (Phi) is 2.03. The minimum atomic E-state index is -1.45. The van der Waals surface area contributed by atoms with Crippen LogP contribution in [0.2, 0.25) is 0 Å². The van der Waals surface area contributed by atoms with Crippen LogP contribution in [0.5, 0.6) is 0 Å². The quantitative estimate of drug-likeness (QED) is 0.619. The molecule has 1 atom stereocenters. The third kappa shape index (κ3) is 1.39. The van der Waals surface area contributed by atoms with Gasteiger partial charge in [-0.1, -0.05) is 6.07 Å². The molecule has 0 saturated carbocycles. The van der Waals surface area contributed by atoms with Crippen LogP contribution in [0, 0.1) is 0 Å². The first-order chi connectivity index (χ1) is 7.15. The highest BCUT2D eigenvalue weighted by molar-refractivity contribution is 5.90. The van der Waals surface area contributed by atoms with Gasteiger partial charge in [-0.25, -0.2) is 9.59 Å². The number of hydrogen-bond acceptors (Lipinski definition) is 3. The molecular weight excluding hydrogens is 198 g/mol. The summed E-state index contributed by atoms with van der Waals surface area (Å²) in [5.74, 6) is -1.13. The Morgan fingerprint density at radius 1 is 1.53 bits per heavy atom. The molecule has 6 heteroatoms. The summed E-state index contributed by atoms with van der Waals surface area (Å²) in [7, 11) is 0. The van der Waals surface area contributed by atoms with Gasteiger partial charge in [-0.3, -0.25) is 4.98 Å². The third-order valence-corrected chi connectivity index (χ3v) is 2.31. The standard InChI is InChI=1S/C9H9N3O3/c13-7(14)9(5-11-8(15)12-9)6-3-1-2-4-10-6/h1-4H,5H2,(H,13,14)(H2,11,12,15). The molecule has 0 spiro atoms. The molecule has 0 aromatic carbocycles. The number of carbonyl (C=O) groups is 2. The van der Waals surface area contributed by atoms with Crippen LogP contribution in [0.15, 0.2) is 24.4 Å². The zero-order chi connectivity index (χ0) is 10.9. The number of carbonyl (C=O) groups excluding carboxylic acids is 1. The molecule has 0 radical (unpaired) electrons. The van der Waals surface area contributed by atoms with Crippen molar-refractivity contribution < 1.29 is 14.7 Å². The topological polar surface area (TPSA) is 91.3 Å². The zero-order valence-corrected chi connectivity index (χ0v) is 7.73. The molecule has 6 nitrogen and oxygen atoms in total. The van der Waals surface area contributed by atoms with Crippen LogP contribution in [0.4, 0.5) is 4.79 Å². The average Bonchev–Trinajstić information content (AvgIpc) is 2.63. The summed E-state index contributed by atoms with van der Waals surface area (Å²) in [6.07, 6.45) is 1.49. The van der Waals surface area contributed by atoms with Crippen molar-refractivity contribution in [2.45, 2.75) is 5.54 Å². The second-order valence-electron chi connectivity index (χ2n) is 3.23. The fourth-order valence-corrected chi connectivity index (χ4v) is 1.50. The number of carboxylic acids is 1. The van der Waals surface area contributed by atoms with E-state index in [4.69, 9.17) is 5.11 Å². The summed E-state index contributed by atoms with van der Waals surface area (Å²) in [4.78, 5) is 26.2. The lowest BCUT2D eigenvalue weighted by Gasteiger charge is -2.21. The zero-order valence-electron chi connectivity index (χ0n) is 7.73. The SMILES string of the molecule is O=C1NCC(C(=O)O)(c2ccccn2)N1. The molecule has 1 aromatic rings. The van der Waals surface area contributed by atoms with Gasteiger partial charge in [0, 0.05) is 6.20 Å². The number of nitrogens with one attached hydrogen (secondary N) is 2. The molecule has 1 aliphatic heterocycles. The van der Waals surface area contributed by atoms with Crippen LogP contribution >= 0.6 is 0 Å². The fraction of sp³-hybridized carbons (Fsp3) is 0.222. The summed E-state index contributed by atoms with van der Waals surface area (Å²) < 4.78 is 0. The summed E-state index contributed by atoms with van der Waals surface area (Å²) >= 11 is 0. The minimum Gasteiger partial charge on any atom is -0.479 e. The molecule has 2 amide bonds. The van der Waals surface area contributed by atoms with Gasteiger partial charge in [-0.05, 0) is 12.1 Å². The Labute approximate surface area is 85.3 Å². The van der Waals surface area contributed by atoms with Crippen LogP contribution in [-0.2, 0) is 10.3 Å². The maximum absolute atomic E-state index is 11.2. The van der Waals surface area contributed by atoms with E-state index in [0.29, 0.717) is 5.69 Å². The van der Waals surface area contributed by atoms with E-state index in [0.717, 1.165) is 0 Å². The molecule has 1 aliphatic rings. The molecule has 1 aromatic heterocycles. The highest BCUT2D eigenvalue weighted by Crippen LogP contribution is 2.21. The number of urea groups is 1. The number of carboxylic acid groups (broad SMARTS) is 1. The van der Waals surface area contributed by atoms with Crippen LogP contribution in [0.25, 0.3) is 0 Å². The molecule has 2 heterocycles. The van der Waals surface area contributed by atoms with Crippen LogP contribution in [-0.4, -0.2) is 28.6 Å². The molecular formula is C9H9N3O3. The van der Waals surface area contributed by atoms with Crippen LogP contribution in [0.1, 0.15) is 5.69 Å². The highest BCUT2D eigenvalue weighted by Gasteiger charge is 2.47. The number of hydrogen-bond donors (Lipinski definition) is 3. The Bertz CT molecular complexity index is 406. The average molecular weight is 207 g/mol. The molecule has 1 saturated heterocycles. The van der Waals surface area contributed by atoms with Gasteiger partial charge in [0.1, 0.15) is 0 Å². The molecule has 78 valence electrons. The molecule has 0 bridgehead atoms. The van der Waals surface area contributed by atoms with Gasteiger partial charge >= 0.3 is 12.0 Å². The van der Waals surface area contributed by atoms with Crippen LogP contribution in [0.3, 0.4) is 0 Å². The predicted molar refractivity (Wildman–Crippen MR) is 50.1 cm³/mol. The summed E-state index contributed by atoms with van der Waals surface area (Å²) in [6.45, 7) is -0.00181. The van der Waals surface area contributed by atoms with Gasteiger partial charge in [-0.2, -0.15) is 0 Å². The number of aliphatic carboxylic acids is 1. The predicted octanol–water partition coefficient (Wildman–Crippen LogP) is -0.326. The Morgan fingerprint density at radius 2 is 2.33 bits per heavy atom. The molecule has 3 N–H and O–H groups in total. The van der Waals surface area contributed by atoms with Crippen molar-refractivity contribution in [2.75, 3.05) is 6.54 Å². The van der Waals surface area contributed by atoms with Crippen molar-refractivity contribution in [3.8, 4) is 0 Å². The highest BCUT2D eigenvalue weighted by atomic mass is 16.4. The minimum absolute atomic E-state index is 0.00181. The van der Waals surface area contributed by atoms with E-state index < -0.39 is 17.5 Å². The van der Waals surface area contributed by atoms with Gasteiger partial charge in [0.25, 0.3) is 0 Å². The van der Waals surface area contributed by atoms with Gasteiger partial charge in [0.2, 0.25) is 0 Å². The third-order valence-electron chi connectivity index (χ3n) is 2.31. The Morgan fingerprint density at radius 3 is 2.80 bits per heavy atom. The van der Waals surface area contributed by atoms with E-state index in [9.17, 15) is 9.59 Å². The lowest BCUT2D eigenvalue weighted by molar-refractivity contribution is -0.144. The Balaban J connectivity index is 2.45. The van der Waals surface area contributed by atoms with E-state index in [1.165, 1.54) is 6.20 Å². The summed E-state index contributed by atoms with van der Waals surface area (Å²) in [5, 5.41) is 13.9. The summed E-state index contributed by atoms with van der Waals surface area (Å²) in [5.41, 5.74) is -1.13. The lowest BCUT2D eigenvalue weighted by Crippen LogP contribution is -2.48. The largest absolute Gasteiger partial charge is 0.479 e. The maximum Gasteiger partial charge on any atom is 0.337 e. The van der Waals surface area contributed by atoms with Gasteiger partial charge in [-0.15, -0.1) is 0 Å². The number of aromatic nitrogens is 1. The number of pyridine rings is 1. The second kappa shape index (κ2) is 3.23. The first kappa shape index (κ1) is 9.45. The van der Waals surface area contributed by atoms with E-state index in [1.54, 1.807) is 18.2 Å². The van der Waals surface area contributed by atoms with E-state index in [-0.39, 0.29) is 6.54 Å². The molecule has 1 unspecified atom stereocenters. The van der Waals surface area contributed by atoms with Gasteiger partial charge < -0.3 is 15.7 Å². The Hall–Kier alpha value is -2.11. The fourth-order valence-electron chi connectivity index (χ4n) is 1.50. The normalized spacial score (nSPS) is 24.4. The summed E-state index contributed by atoms with van der Waals surface area (Å²) in [6, 6.07) is 4.44. The van der Waals surface area contributed by atoms with E-state index in [2.05, 4.69) is 15.6 Å². The van der Waals surface area contributed by atoms with Gasteiger partial charge in [0.05, 0.1) is 12.2 Å².